The zero-order valence-electron chi connectivity index (χ0n) is 16.9. The van der Waals surface area contributed by atoms with E-state index in [9.17, 15) is 19.5 Å². The first-order valence-corrected chi connectivity index (χ1v) is 9.60. The highest BCUT2D eigenvalue weighted by Crippen LogP contribution is 2.14. The number of benzene rings is 2. The number of aliphatic carboxylic acids is 1. The average Bonchev–Trinajstić information content (AvgIpc) is 2.79. The molecule has 162 valence electrons. The summed E-state index contributed by atoms with van der Waals surface area (Å²) in [5.74, 6) is 0.733. The number of amides is 2. The van der Waals surface area contributed by atoms with E-state index >= 15 is 0 Å². The first kappa shape index (κ1) is 23.3. The van der Waals surface area contributed by atoms with Crippen LogP contribution in [0.25, 0.3) is 0 Å². The van der Waals surface area contributed by atoms with Gasteiger partial charge in [-0.05, 0) is 24.0 Å². The highest BCUT2D eigenvalue weighted by Gasteiger charge is 2.38. The maximum atomic E-state index is 12.1. The molecule has 0 spiro atoms. The Balaban J connectivity index is 1.78. The van der Waals surface area contributed by atoms with Gasteiger partial charge in [0.25, 0.3) is 0 Å². The number of terminal acetylenes is 1. The molecule has 2 amide bonds. The number of nitrogens with one attached hydrogen (secondary N) is 2. The molecular weight excluding hydrogens is 400 g/mol. The summed E-state index contributed by atoms with van der Waals surface area (Å²) < 4.78 is 10.1. The van der Waals surface area contributed by atoms with Gasteiger partial charge in [-0.3, -0.25) is 5.32 Å². The van der Waals surface area contributed by atoms with Gasteiger partial charge in [-0.1, -0.05) is 66.6 Å². The molecule has 2 aromatic carbocycles. The number of alkyl carbamates (subject to hydrolysis) is 2. The van der Waals surface area contributed by atoms with Gasteiger partial charge in [0.2, 0.25) is 5.54 Å². The summed E-state index contributed by atoms with van der Waals surface area (Å²) >= 11 is 0. The minimum absolute atomic E-state index is 0.0260. The van der Waals surface area contributed by atoms with Crippen molar-refractivity contribution in [3.63, 3.8) is 0 Å². The third-order valence-corrected chi connectivity index (χ3v) is 4.35. The normalized spacial score (nSPS) is 12.0. The van der Waals surface area contributed by atoms with E-state index in [1.807, 2.05) is 36.4 Å². The fourth-order valence-corrected chi connectivity index (χ4v) is 2.64. The Hall–Kier alpha value is -3.99. The summed E-state index contributed by atoms with van der Waals surface area (Å²) in [6, 6.07) is 18.1. The first-order valence-electron chi connectivity index (χ1n) is 9.60. The van der Waals surface area contributed by atoms with E-state index in [1.165, 1.54) is 0 Å². The van der Waals surface area contributed by atoms with Gasteiger partial charge in [0, 0.05) is 6.54 Å². The molecule has 0 aliphatic heterocycles. The van der Waals surface area contributed by atoms with E-state index in [2.05, 4.69) is 16.6 Å². The summed E-state index contributed by atoms with van der Waals surface area (Å²) in [5.41, 5.74) is -0.366. The highest BCUT2D eigenvalue weighted by atomic mass is 16.6. The van der Waals surface area contributed by atoms with Crippen molar-refractivity contribution in [3.8, 4) is 12.3 Å². The number of carbonyl (C=O) groups excluding carboxylic acids is 2. The Kier molecular flexibility index (Phi) is 8.92. The summed E-state index contributed by atoms with van der Waals surface area (Å²) in [4.78, 5) is 35.6. The zero-order chi connectivity index (χ0) is 22.5. The van der Waals surface area contributed by atoms with E-state index in [0.717, 1.165) is 11.1 Å². The number of hydrogen-bond acceptors (Lipinski definition) is 5. The van der Waals surface area contributed by atoms with Gasteiger partial charge in [0.15, 0.2) is 0 Å². The van der Waals surface area contributed by atoms with E-state index in [-0.39, 0.29) is 32.6 Å². The van der Waals surface area contributed by atoms with E-state index in [4.69, 9.17) is 15.9 Å². The second kappa shape index (κ2) is 11.9. The van der Waals surface area contributed by atoms with Crippen LogP contribution in [-0.4, -0.2) is 35.3 Å². The smallest absolute Gasteiger partial charge is 0.409 e. The number of ether oxygens (including phenoxy) is 2. The molecule has 2 aromatic rings. The second-order valence-electron chi connectivity index (χ2n) is 6.63. The Morgan fingerprint density at radius 2 is 1.42 bits per heavy atom. The lowest BCUT2D eigenvalue weighted by atomic mass is 9.94. The van der Waals surface area contributed by atoms with Crippen molar-refractivity contribution in [1.29, 1.82) is 0 Å². The summed E-state index contributed by atoms with van der Waals surface area (Å²) in [5, 5.41) is 14.3. The Morgan fingerprint density at radius 1 is 0.903 bits per heavy atom. The van der Waals surface area contributed by atoms with Crippen molar-refractivity contribution in [3.05, 3.63) is 71.8 Å². The predicted octanol–water partition coefficient (Wildman–Crippen LogP) is 3.08. The van der Waals surface area contributed by atoms with Crippen LogP contribution in [-0.2, 0) is 27.5 Å². The van der Waals surface area contributed by atoms with Gasteiger partial charge in [-0.2, -0.15) is 0 Å². The van der Waals surface area contributed by atoms with Crippen LogP contribution in [0.1, 0.15) is 24.0 Å². The largest absolute Gasteiger partial charge is 0.479 e. The van der Waals surface area contributed by atoms with Gasteiger partial charge >= 0.3 is 18.2 Å². The van der Waals surface area contributed by atoms with Crippen LogP contribution < -0.4 is 10.6 Å². The van der Waals surface area contributed by atoms with Crippen LogP contribution in [0.5, 0.6) is 0 Å². The fraction of sp³-hybridized carbons (Fsp3) is 0.261. The number of carbonyl (C=O) groups is 3. The second-order valence-corrected chi connectivity index (χ2v) is 6.63. The molecule has 0 heterocycles. The number of hydrogen-bond donors (Lipinski definition) is 3. The minimum atomic E-state index is -1.95. The minimum Gasteiger partial charge on any atom is -0.479 e. The predicted molar refractivity (Wildman–Crippen MR) is 113 cm³/mol. The van der Waals surface area contributed by atoms with Gasteiger partial charge in [0.05, 0.1) is 0 Å². The standard InChI is InChI=1S/C23H24N2O6/c1-2-23(20(26)27,25-22(29)31-17-19-12-7-4-8-13-19)14-9-15-24-21(28)30-16-18-10-5-3-6-11-18/h1,3-8,10-13H,9,14-17H2,(H,24,28)(H,25,29)(H,26,27). The van der Waals surface area contributed by atoms with Crippen molar-refractivity contribution < 1.29 is 29.0 Å². The number of carboxylic acid groups (broad SMARTS) is 1. The van der Waals surface area contributed by atoms with Gasteiger partial charge in [0.1, 0.15) is 13.2 Å². The van der Waals surface area contributed by atoms with Crippen molar-refractivity contribution >= 4 is 18.2 Å². The lowest BCUT2D eigenvalue weighted by molar-refractivity contribution is -0.142. The molecular formula is C23H24N2O6. The molecule has 0 bridgehead atoms. The molecule has 8 nitrogen and oxygen atoms in total. The fourth-order valence-electron chi connectivity index (χ4n) is 2.64. The zero-order valence-corrected chi connectivity index (χ0v) is 16.9. The number of carboxylic acids is 1. The quantitative estimate of drug-likeness (QED) is 0.399. The SMILES string of the molecule is C#CC(CCCNC(=O)OCc1ccccc1)(NC(=O)OCc1ccccc1)C(=O)O. The van der Waals surface area contributed by atoms with Crippen LogP contribution >= 0.6 is 0 Å². The van der Waals surface area contributed by atoms with E-state index in [0.29, 0.717) is 0 Å². The van der Waals surface area contributed by atoms with Crippen LogP contribution in [0, 0.1) is 12.3 Å². The number of rotatable bonds is 10. The van der Waals surface area contributed by atoms with Gasteiger partial charge in [-0.25, -0.2) is 14.4 Å². The average molecular weight is 424 g/mol. The molecule has 8 heteroatoms. The molecule has 0 radical (unpaired) electrons. The molecule has 31 heavy (non-hydrogen) atoms. The van der Waals surface area contributed by atoms with Crippen LogP contribution in [0.4, 0.5) is 9.59 Å². The van der Waals surface area contributed by atoms with Crippen molar-refractivity contribution in [2.45, 2.75) is 31.6 Å². The first-order chi connectivity index (χ1) is 14.9. The molecule has 1 unspecified atom stereocenters. The summed E-state index contributed by atoms with van der Waals surface area (Å²) in [7, 11) is 0. The Morgan fingerprint density at radius 3 is 1.90 bits per heavy atom. The maximum absolute atomic E-state index is 12.1. The molecule has 0 saturated heterocycles. The molecule has 0 fully saturated rings. The highest BCUT2D eigenvalue weighted by molar-refractivity contribution is 5.88. The van der Waals surface area contributed by atoms with Crippen molar-refractivity contribution in [1.82, 2.24) is 10.6 Å². The van der Waals surface area contributed by atoms with Crippen molar-refractivity contribution in [2.75, 3.05) is 6.54 Å². The van der Waals surface area contributed by atoms with Gasteiger partial charge in [-0.15, -0.1) is 6.42 Å². The molecule has 0 aromatic heterocycles. The van der Waals surface area contributed by atoms with Crippen LogP contribution in [0.2, 0.25) is 0 Å². The molecule has 0 saturated carbocycles. The van der Waals surface area contributed by atoms with E-state index < -0.39 is 23.7 Å². The third-order valence-electron chi connectivity index (χ3n) is 4.35. The third kappa shape index (κ3) is 7.74. The summed E-state index contributed by atoms with van der Waals surface area (Å²) in [6.45, 7) is 0.206. The van der Waals surface area contributed by atoms with E-state index in [1.54, 1.807) is 24.3 Å². The maximum Gasteiger partial charge on any atom is 0.409 e. The topological polar surface area (TPSA) is 114 Å². The molecule has 0 aliphatic carbocycles. The molecule has 3 N–H and O–H groups in total. The summed E-state index contributed by atoms with van der Waals surface area (Å²) in [6.07, 6.45) is 3.90. The van der Waals surface area contributed by atoms with Gasteiger partial charge < -0.3 is 19.9 Å². The lowest BCUT2D eigenvalue weighted by Gasteiger charge is -2.24. The Bertz CT molecular complexity index is 911. The molecule has 1 atom stereocenters. The molecule has 2 rings (SSSR count). The van der Waals surface area contributed by atoms with Crippen LogP contribution in [0.15, 0.2) is 60.7 Å². The Labute approximate surface area is 180 Å². The van der Waals surface area contributed by atoms with Crippen molar-refractivity contribution in [2.24, 2.45) is 0 Å². The molecule has 0 aliphatic rings. The monoisotopic (exact) mass is 424 g/mol. The lowest BCUT2D eigenvalue weighted by Crippen LogP contribution is -2.54. The van der Waals surface area contributed by atoms with Crippen LogP contribution in [0.3, 0.4) is 0 Å².